The summed E-state index contributed by atoms with van der Waals surface area (Å²) < 4.78 is 10.5. The van der Waals surface area contributed by atoms with Crippen LogP contribution in [0.1, 0.15) is 21.5 Å². The number of hydrogen-bond donors (Lipinski definition) is 0. The van der Waals surface area contributed by atoms with E-state index in [9.17, 15) is 4.79 Å². The fraction of sp³-hybridized carbons (Fsp3) is 0.167. The number of carbonyl (C=O) groups excluding carboxylic acids is 1. The molecule has 0 radical (unpaired) electrons. The number of ketones is 1. The van der Waals surface area contributed by atoms with Crippen LogP contribution in [0.15, 0.2) is 48.0 Å². The summed E-state index contributed by atoms with van der Waals surface area (Å²) in [5.41, 5.74) is 3.50. The highest BCUT2D eigenvalue weighted by atomic mass is 16.5. The van der Waals surface area contributed by atoms with Gasteiger partial charge >= 0.3 is 0 Å². The second-order valence-electron chi connectivity index (χ2n) is 4.94. The molecule has 0 N–H and O–H groups in total. The molecule has 0 aliphatic heterocycles. The summed E-state index contributed by atoms with van der Waals surface area (Å²) in [4.78, 5) is 12.4. The largest absolute Gasteiger partial charge is 0.497 e. The first-order chi connectivity index (χ1) is 10.2. The lowest BCUT2D eigenvalue weighted by molar-refractivity contribution is 0.104. The van der Waals surface area contributed by atoms with Crippen LogP contribution in [0.25, 0.3) is 6.08 Å². The molecule has 3 rings (SSSR count). The molecule has 0 heterocycles. The van der Waals surface area contributed by atoms with Gasteiger partial charge in [-0.25, -0.2) is 0 Å². The fourth-order valence-corrected chi connectivity index (χ4v) is 2.61. The molecule has 21 heavy (non-hydrogen) atoms. The monoisotopic (exact) mass is 280 g/mol. The molecule has 0 saturated carbocycles. The van der Waals surface area contributed by atoms with E-state index in [1.165, 1.54) is 0 Å². The first-order valence-corrected chi connectivity index (χ1v) is 6.78. The van der Waals surface area contributed by atoms with Gasteiger partial charge in [-0.2, -0.15) is 0 Å². The molecule has 1 aliphatic rings. The molecule has 1 aliphatic carbocycles. The topological polar surface area (TPSA) is 35.5 Å². The van der Waals surface area contributed by atoms with Crippen molar-refractivity contribution in [2.75, 3.05) is 14.2 Å². The van der Waals surface area contributed by atoms with E-state index in [0.717, 1.165) is 33.8 Å². The van der Waals surface area contributed by atoms with Crippen LogP contribution in [0.4, 0.5) is 0 Å². The number of ether oxygens (including phenoxy) is 2. The van der Waals surface area contributed by atoms with Gasteiger partial charge in [0.1, 0.15) is 11.5 Å². The minimum Gasteiger partial charge on any atom is -0.497 e. The molecule has 2 aromatic rings. The van der Waals surface area contributed by atoms with Crippen LogP contribution in [-0.4, -0.2) is 20.0 Å². The van der Waals surface area contributed by atoms with E-state index in [2.05, 4.69) is 0 Å². The van der Waals surface area contributed by atoms with Crippen LogP contribution >= 0.6 is 0 Å². The van der Waals surface area contributed by atoms with Crippen LogP contribution in [-0.2, 0) is 6.42 Å². The van der Waals surface area contributed by atoms with Gasteiger partial charge in [-0.1, -0.05) is 24.3 Å². The fourth-order valence-electron chi connectivity index (χ4n) is 2.61. The van der Waals surface area contributed by atoms with Crippen molar-refractivity contribution < 1.29 is 14.3 Å². The maximum atomic E-state index is 12.4. The highest BCUT2D eigenvalue weighted by Crippen LogP contribution is 2.34. The highest BCUT2D eigenvalue weighted by Gasteiger charge is 2.27. The van der Waals surface area contributed by atoms with Gasteiger partial charge in [0.25, 0.3) is 0 Å². The Hall–Kier alpha value is -2.55. The first kappa shape index (κ1) is 13.4. The van der Waals surface area contributed by atoms with E-state index in [1.807, 2.05) is 48.5 Å². The van der Waals surface area contributed by atoms with Crippen molar-refractivity contribution in [2.24, 2.45) is 0 Å². The SMILES string of the molecule is COc1ccc(C=C2Cc3c(OC)cccc3C2=O)cc1. The third-order valence-electron chi connectivity index (χ3n) is 3.71. The Bertz CT molecular complexity index is 712. The van der Waals surface area contributed by atoms with E-state index >= 15 is 0 Å². The third-order valence-corrected chi connectivity index (χ3v) is 3.71. The lowest BCUT2D eigenvalue weighted by Gasteiger charge is -2.04. The Labute approximate surface area is 123 Å². The maximum absolute atomic E-state index is 12.4. The Morgan fingerprint density at radius 3 is 2.43 bits per heavy atom. The average molecular weight is 280 g/mol. The zero-order valence-electron chi connectivity index (χ0n) is 12.1. The molecule has 0 fully saturated rings. The van der Waals surface area contributed by atoms with Crippen LogP contribution in [0.5, 0.6) is 11.5 Å². The number of methoxy groups -OCH3 is 2. The molecule has 0 saturated heterocycles. The van der Waals surface area contributed by atoms with E-state index in [-0.39, 0.29) is 5.78 Å². The Kier molecular flexibility index (Phi) is 3.48. The standard InChI is InChI=1S/C18H16O3/c1-20-14-8-6-12(7-9-14)10-13-11-16-15(18(13)19)4-3-5-17(16)21-2/h3-10H,11H2,1-2H3. The predicted octanol–water partition coefficient (Wildman–Crippen LogP) is 3.53. The molecule has 3 heteroatoms. The van der Waals surface area contributed by atoms with Gasteiger partial charge in [0.05, 0.1) is 14.2 Å². The number of fused-ring (bicyclic) bond motifs is 1. The van der Waals surface area contributed by atoms with Crippen molar-refractivity contribution in [3.05, 3.63) is 64.7 Å². The lowest BCUT2D eigenvalue weighted by Crippen LogP contribution is -1.95. The average Bonchev–Trinajstić information content (AvgIpc) is 2.84. The minimum atomic E-state index is 0.0831. The van der Waals surface area contributed by atoms with Gasteiger partial charge in [-0.15, -0.1) is 0 Å². The molecule has 0 aromatic heterocycles. The highest BCUT2D eigenvalue weighted by molar-refractivity contribution is 6.16. The predicted molar refractivity (Wildman–Crippen MR) is 82.0 cm³/mol. The summed E-state index contributed by atoms with van der Waals surface area (Å²) in [6.07, 6.45) is 2.55. The molecule has 0 bridgehead atoms. The van der Waals surface area contributed by atoms with E-state index in [0.29, 0.717) is 6.42 Å². The van der Waals surface area contributed by atoms with Gasteiger partial charge in [0.2, 0.25) is 0 Å². The van der Waals surface area contributed by atoms with Crippen LogP contribution in [0.2, 0.25) is 0 Å². The van der Waals surface area contributed by atoms with Crippen molar-refractivity contribution in [3.8, 4) is 11.5 Å². The number of rotatable bonds is 3. The van der Waals surface area contributed by atoms with Crippen molar-refractivity contribution in [3.63, 3.8) is 0 Å². The zero-order valence-corrected chi connectivity index (χ0v) is 12.1. The van der Waals surface area contributed by atoms with Crippen LogP contribution < -0.4 is 9.47 Å². The molecule has 106 valence electrons. The third kappa shape index (κ3) is 2.42. The summed E-state index contributed by atoms with van der Waals surface area (Å²) in [7, 11) is 3.27. The van der Waals surface area contributed by atoms with Gasteiger partial charge in [-0.3, -0.25) is 4.79 Å². The number of Topliss-reactive ketones (excluding diaryl/α,β-unsaturated/α-hetero) is 1. The Balaban J connectivity index is 1.94. The van der Waals surface area contributed by atoms with Crippen molar-refractivity contribution in [2.45, 2.75) is 6.42 Å². The number of allylic oxidation sites excluding steroid dienone is 1. The molecule has 3 nitrogen and oxygen atoms in total. The van der Waals surface area contributed by atoms with Crippen molar-refractivity contribution >= 4 is 11.9 Å². The van der Waals surface area contributed by atoms with E-state index < -0.39 is 0 Å². The normalized spacial score (nSPS) is 15.1. The van der Waals surface area contributed by atoms with Crippen LogP contribution in [0, 0.1) is 0 Å². The van der Waals surface area contributed by atoms with Gasteiger partial charge in [0, 0.05) is 23.1 Å². The van der Waals surface area contributed by atoms with Gasteiger partial charge < -0.3 is 9.47 Å². The minimum absolute atomic E-state index is 0.0831. The smallest absolute Gasteiger partial charge is 0.189 e. The maximum Gasteiger partial charge on any atom is 0.189 e. The molecule has 0 atom stereocenters. The lowest BCUT2D eigenvalue weighted by atomic mass is 10.1. The quantitative estimate of drug-likeness (QED) is 0.807. The summed E-state index contributed by atoms with van der Waals surface area (Å²) in [6.45, 7) is 0. The first-order valence-electron chi connectivity index (χ1n) is 6.78. The molecule has 0 amide bonds. The second-order valence-corrected chi connectivity index (χ2v) is 4.94. The molecule has 0 spiro atoms. The Morgan fingerprint density at radius 1 is 1.00 bits per heavy atom. The molecule has 0 unspecified atom stereocenters. The molecular formula is C18H16O3. The Morgan fingerprint density at radius 2 is 1.76 bits per heavy atom. The van der Waals surface area contributed by atoms with Crippen LogP contribution in [0.3, 0.4) is 0 Å². The molecular weight excluding hydrogens is 264 g/mol. The van der Waals surface area contributed by atoms with Crippen molar-refractivity contribution in [1.29, 1.82) is 0 Å². The number of carbonyl (C=O) groups is 1. The van der Waals surface area contributed by atoms with E-state index in [4.69, 9.17) is 9.47 Å². The summed E-state index contributed by atoms with van der Waals surface area (Å²) in [6, 6.07) is 13.3. The number of hydrogen-bond acceptors (Lipinski definition) is 3. The summed E-state index contributed by atoms with van der Waals surface area (Å²) in [5.74, 6) is 1.67. The summed E-state index contributed by atoms with van der Waals surface area (Å²) in [5, 5.41) is 0. The van der Waals surface area contributed by atoms with Gasteiger partial charge in [-0.05, 0) is 29.8 Å². The number of benzene rings is 2. The summed E-state index contributed by atoms with van der Waals surface area (Å²) >= 11 is 0. The zero-order chi connectivity index (χ0) is 14.8. The molecule has 2 aromatic carbocycles. The van der Waals surface area contributed by atoms with Gasteiger partial charge in [0.15, 0.2) is 5.78 Å². The second kappa shape index (κ2) is 5.44. The van der Waals surface area contributed by atoms with E-state index in [1.54, 1.807) is 14.2 Å². The van der Waals surface area contributed by atoms with Crippen molar-refractivity contribution in [1.82, 2.24) is 0 Å².